The molecule has 5 heteroatoms. The average molecular weight is 360 g/mol. The minimum atomic E-state index is 0.101. The Morgan fingerprint density at radius 2 is 2.00 bits per heavy atom. The zero-order chi connectivity index (χ0) is 18.6. The molecule has 0 saturated carbocycles. The van der Waals surface area contributed by atoms with Crippen molar-refractivity contribution in [3.05, 3.63) is 72.4 Å². The molecule has 0 bridgehead atoms. The number of nitrogens with one attached hydrogen (secondary N) is 1. The number of carbonyl (C=O) groups excluding carboxylic acids is 1. The maximum absolute atomic E-state index is 12.9. The Balaban J connectivity index is 1.59. The standard InChI is InChI=1S/C22H24N4O/c1-23-15-17-11-13-25(16-17)22(27)19-8-5-9-20(14-19)26-21(10-12-24-26)18-6-3-2-4-7-18/h2-10,12,14,17,23H,11,13,15-16H2,1H3. The van der Waals surface area contributed by atoms with Crippen LogP contribution in [0.2, 0.25) is 0 Å². The van der Waals surface area contributed by atoms with Gasteiger partial charge >= 0.3 is 0 Å². The van der Waals surface area contributed by atoms with Gasteiger partial charge in [0, 0.05) is 24.2 Å². The fourth-order valence-electron chi connectivity index (χ4n) is 3.76. The van der Waals surface area contributed by atoms with Gasteiger partial charge in [0.25, 0.3) is 5.91 Å². The molecule has 1 saturated heterocycles. The van der Waals surface area contributed by atoms with Crippen LogP contribution in [-0.2, 0) is 0 Å². The Labute approximate surface area is 159 Å². The molecule has 4 rings (SSSR count). The summed E-state index contributed by atoms with van der Waals surface area (Å²) >= 11 is 0. The first-order valence-corrected chi connectivity index (χ1v) is 9.40. The molecular formula is C22H24N4O. The summed E-state index contributed by atoms with van der Waals surface area (Å²) in [5.41, 5.74) is 3.72. The van der Waals surface area contributed by atoms with Crippen molar-refractivity contribution in [2.24, 2.45) is 5.92 Å². The van der Waals surface area contributed by atoms with Gasteiger partial charge in [0.15, 0.2) is 0 Å². The summed E-state index contributed by atoms with van der Waals surface area (Å²) in [5, 5.41) is 7.69. The molecule has 5 nitrogen and oxygen atoms in total. The van der Waals surface area contributed by atoms with Gasteiger partial charge in [0.1, 0.15) is 0 Å². The zero-order valence-electron chi connectivity index (χ0n) is 15.5. The summed E-state index contributed by atoms with van der Waals surface area (Å²) < 4.78 is 1.89. The number of carbonyl (C=O) groups is 1. The van der Waals surface area contributed by atoms with Crippen molar-refractivity contribution in [1.29, 1.82) is 0 Å². The summed E-state index contributed by atoms with van der Waals surface area (Å²) in [6.45, 7) is 2.60. The van der Waals surface area contributed by atoms with Gasteiger partial charge in [-0.25, -0.2) is 4.68 Å². The van der Waals surface area contributed by atoms with Gasteiger partial charge in [-0.1, -0.05) is 36.4 Å². The molecule has 1 N–H and O–H groups in total. The summed E-state index contributed by atoms with van der Waals surface area (Å²) in [4.78, 5) is 14.9. The molecule has 1 aromatic heterocycles. The molecule has 138 valence electrons. The van der Waals surface area contributed by atoms with E-state index in [0.717, 1.165) is 43.0 Å². The van der Waals surface area contributed by atoms with Gasteiger partial charge in [-0.3, -0.25) is 4.79 Å². The van der Waals surface area contributed by atoms with Crippen molar-refractivity contribution in [3.8, 4) is 16.9 Å². The largest absolute Gasteiger partial charge is 0.338 e. The van der Waals surface area contributed by atoms with Crippen LogP contribution in [0.25, 0.3) is 16.9 Å². The van der Waals surface area contributed by atoms with Gasteiger partial charge < -0.3 is 10.2 Å². The predicted molar refractivity (Wildman–Crippen MR) is 107 cm³/mol. The van der Waals surface area contributed by atoms with Crippen LogP contribution in [0, 0.1) is 5.92 Å². The molecule has 0 radical (unpaired) electrons. The Morgan fingerprint density at radius 3 is 2.81 bits per heavy atom. The van der Waals surface area contributed by atoms with Crippen molar-refractivity contribution in [2.45, 2.75) is 6.42 Å². The normalized spacial score (nSPS) is 16.6. The van der Waals surface area contributed by atoms with Crippen molar-refractivity contribution < 1.29 is 4.79 Å². The van der Waals surface area contributed by atoms with E-state index in [1.807, 2.05) is 65.2 Å². The minimum absolute atomic E-state index is 0.101. The third-order valence-electron chi connectivity index (χ3n) is 5.12. The Hall–Kier alpha value is -2.92. The second-order valence-corrected chi connectivity index (χ2v) is 7.01. The first-order valence-electron chi connectivity index (χ1n) is 9.40. The fourth-order valence-corrected chi connectivity index (χ4v) is 3.76. The lowest BCUT2D eigenvalue weighted by Crippen LogP contribution is -2.30. The third-order valence-corrected chi connectivity index (χ3v) is 5.12. The van der Waals surface area contributed by atoms with E-state index < -0.39 is 0 Å². The molecule has 2 aromatic carbocycles. The first kappa shape index (κ1) is 17.5. The van der Waals surface area contributed by atoms with E-state index in [0.29, 0.717) is 11.5 Å². The average Bonchev–Trinajstić information content (AvgIpc) is 3.38. The van der Waals surface area contributed by atoms with Crippen LogP contribution >= 0.6 is 0 Å². The molecule has 0 spiro atoms. The van der Waals surface area contributed by atoms with Crippen LogP contribution in [0.5, 0.6) is 0 Å². The number of likely N-dealkylation sites (tertiary alicyclic amines) is 1. The number of hydrogen-bond donors (Lipinski definition) is 1. The Bertz CT molecular complexity index is 919. The van der Waals surface area contributed by atoms with Gasteiger partial charge in [0.2, 0.25) is 0 Å². The number of hydrogen-bond acceptors (Lipinski definition) is 3. The molecule has 1 unspecified atom stereocenters. The lowest BCUT2D eigenvalue weighted by molar-refractivity contribution is 0.0787. The smallest absolute Gasteiger partial charge is 0.253 e. The van der Waals surface area contributed by atoms with Crippen LogP contribution in [0.3, 0.4) is 0 Å². The van der Waals surface area contributed by atoms with Crippen LogP contribution in [0.15, 0.2) is 66.9 Å². The van der Waals surface area contributed by atoms with Gasteiger partial charge in [-0.2, -0.15) is 5.10 Å². The number of nitrogens with zero attached hydrogens (tertiary/aromatic N) is 3. The number of benzene rings is 2. The molecule has 0 aliphatic carbocycles. The second kappa shape index (κ2) is 7.76. The molecule has 1 amide bonds. The van der Waals surface area contributed by atoms with E-state index in [-0.39, 0.29) is 5.91 Å². The molecule has 2 heterocycles. The van der Waals surface area contributed by atoms with E-state index in [9.17, 15) is 4.79 Å². The number of amides is 1. The molecule has 1 aliphatic heterocycles. The van der Waals surface area contributed by atoms with Crippen LogP contribution in [-0.4, -0.2) is 47.3 Å². The van der Waals surface area contributed by atoms with Crippen molar-refractivity contribution >= 4 is 5.91 Å². The molecule has 1 atom stereocenters. The third kappa shape index (κ3) is 3.64. The molecule has 1 aliphatic rings. The van der Waals surface area contributed by atoms with Gasteiger partial charge in [0.05, 0.1) is 17.6 Å². The first-order chi connectivity index (χ1) is 13.3. The summed E-state index contributed by atoms with van der Waals surface area (Å²) in [6, 6.07) is 19.9. The monoisotopic (exact) mass is 360 g/mol. The topological polar surface area (TPSA) is 50.2 Å². The highest BCUT2D eigenvalue weighted by atomic mass is 16.2. The van der Waals surface area contributed by atoms with E-state index in [4.69, 9.17) is 0 Å². The summed E-state index contributed by atoms with van der Waals surface area (Å²) in [5.74, 6) is 0.641. The highest BCUT2D eigenvalue weighted by Crippen LogP contribution is 2.24. The highest BCUT2D eigenvalue weighted by molar-refractivity contribution is 5.95. The maximum atomic E-state index is 12.9. The van der Waals surface area contributed by atoms with Crippen LogP contribution in [0.1, 0.15) is 16.8 Å². The van der Waals surface area contributed by atoms with Gasteiger partial charge in [-0.05, 0) is 50.2 Å². The fraction of sp³-hybridized carbons (Fsp3) is 0.273. The number of rotatable bonds is 5. The van der Waals surface area contributed by atoms with Crippen LogP contribution < -0.4 is 5.32 Å². The quantitative estimate of drug-likeness (QED) is 0.760. The lowest BCUT2D eigenvalue weighted by atomic mass is 10.1. The number of aromatic nitrogens is 2. The molecule has 3 aromatic rings. The molecular weight excluding hydrogens is 336 g/mol. The Kier molecular flexibility index (Phi) is 5.03. The molecule has 1 fully saturated rings. The van der Waals surface area contributed by atoms with Gasteiger partial charge in [-0.15, -0.1) is 0 Å². The summed E-state index contributed by atoms with van der Waals surface area (Å²) in [7, 11) is 1.96. The SMILES string of the molecule is CNCC1CCN(C(=O)c2cccc(-n3nccc3-c3ccccc3)c2)C1. The zero-order valence-corrected chi connectivity index (χ0v) is 15.5. The van der Waals surface area contributed by atoms with E-state index in [2.05, 4.69) is 22.5 Å². The van der Waals surface area contributed by atoms with Crippen molar-refractivity contribution in [1.82, 2.24) is 20.0 Å². The molecule has 27 heavy (non-hydrogen) atoms. The van der Waals surface area contributed by atoms with E-state index >= 15 is 0 Å². The lowest BCUT2D eigenvalue weighted by Gasteiger charge is -2.17. The highest BCUT2D eigenvalue weighted by Gasteiger charge is 2.26. The minimum Gasteiger partial charge on any atom is -0.338 e. The van der Waals surface area contributed by atoms with Crippen molar-refractivity contribution in [2.75, 3.05) is 26.7 Å². The predicted octanol–water partition coefficient (Wildman–Crippen LogP) is 3.22. The maximum Gasteiger partial charge on any atom is 0.253 e. The van der Waals surface area contributed by atoms with E-state index in [1.165, 1.54) is 0 Å². The van der Waals surface area contributed by atoms with Crippen molar-refractivity contribution in [3.63, 3.8) is 0 Å². The van der Waals surface area contributed by atoms with E-state index in [1.54, 1.807) is 6.20 Å². The Morgan fingerprint density at radius 1 is 1.15 bits per heavy atom. The summed E-state index contributed by atoms with van der Waals surface area (Å²) in [6.07, 6.45) is 2.85. The second-order valence-electron chi connectivity index (χ2n) is 7.01. The van der Waals surface area contributed by atoms with Crippen LogP contribution in [0.4, 0.5) is 0 Å².